The number of ether oxygens (including phenoxy) is 1. The van der Waals surface area contributed by atoms with E-state index in [-0.39, 0.29) is 24.0 Å². The molecular weight excluding hydrogens is 378 g/mol. The van der Waals surface area contributed by atoms with Gasteiger partial charge in [-0.1, -0.05) is 30.3 Å². The number of anilines is 1. The highest BCUT2D eigenvalue weighted by molar-refractivity contribution is 5.89. The van der Waals surface area contributed by atoms with Gasteiger partial charge >= 0.3 is 5.97 Å². The summed E-state index contributed by atoms with van der Waals surface area (Å²) in [5.74, 6) is -0.193. The van der Waals surface area contributed by atoms with Gasteiger partial charge in [0.2, 0.25) is 5.91 Å². The van der Waals surface area contributed by atoms with Gasteiger partial charge in [0, 0.05) is 38.4 Å². The lowest BCUT2D eigenvalue weighted by Crippen LogP contribution is -2.54. The Hall–Kier alpha value is -2.86. The number of nitrogens with zero attached hydrogens (tertiary/aromatic N) is 3. The smallest absolute Gasteiger partial charge is 0.337 e. The molecule has 6 heteroatoms. The van der Waals surface area contributed by atoms with Crippen LogP contribution in [0.2, 0.25) is 0 Å². The Bertz CT molecular complexity index is 854. The lowest BCUT2D eigenvalue weighted by Gasteiger charge is -2.41. The molecule has 1 heterocycles. The number of hydrogen-bond acceptors (Lipinski definition) is 5. The maximum atomic E-state index is 12.9. The molecule has 0 N–H and O–H groups in total. The first-order valence-electron chi connectivity index (χ1n) is 10.4. The second-order valence-corrected chi connectivity index (χ2v) is 7.90. The number of likely N-dealkylation sites (N-methyl/N-ethyl adjacent to an activating group) is 1. The van der Waals surface area contributed by atoms with Crippen molar-refractivity contribution in [3.63, 3.8) is 0 Å². The third-order valence-electron chi connectivity index (χ3n) is 6.01. The van der Waals surface area contributed by atoms with Gasteiger partial charge in [-0.15, -0.1) is 0 Å². The average Bonchev–Trinajstić information content (AvgIpc) is 2.79. The Morgan fingerprint density at radius 3 is 2.37 bits per heavy atom. The third kappa shape index (κ3) is 5.00. The summed E-state index contributed by atoms with van der Waals surface area (Å²) in [6, 6.07) is 17.9. The Kier molecular flexibility index (Phi) is 7.11. The first-order chi connectivity index (χ1) is 14.4. The van der Waals surface area contributed by atoms with E-state index in [9.17, 15) is 9.59 Å². The normalized spacial score (nSPS) is 18.0. The molecule has 0 saturated carbocycles. The van der Waals surface area contributed by atoms with Crippen LogP contribution >= 0.6 is 0 Å². The van der Waals surface area contributed by atoms with Gasteiger partial charge in [-0.05, 0) is 43.7 Å². The van der Waals surface area contributed by atoms with Crippen LogP contribution in [0.1, 0.15) is 35.8 Å². The van der Waals surface area contributed by atoms with Gasteiger partial charge in [-0.25, -0.2) is 4.79 Å². The summed E-state index contributed by atoms with van der Waals surface area (Å²) < 4.78 is 4.76. The van der Waals surface area contributed by atoms with Crippen molar-refractivity contribution in [2.45, 2.75) is 25.9 Å². The summed E-state index contributed by atoms with van der Waals surface area (Å²) in [5.41, 5.74) is 2.77. The molecule has 0 radical (unpaired) electrons. The quantitative estimate of drug-likeness (QED) is 0.686. The van der Waals surface area contributed by atoms with Crippen LogP contribution in [0.15, 0.2) is 54.6 Å². The summed E-state index contributed by atoms with van der Waals surface area (Å²) in [6.45, 7) is 7.13. The van der Waals surface area contributed by atoms with Gasteiger partial charge < -0.3 is 14.5 Å². The molecule has 3 rings (SSSR count). The van der Waals surface area contributed by atoms with Crippen molar-refractivity contribution in [2.75, 3.05) is 45.2 Å². The summed E-state index contributed by atoms with van der Waals surface area (Å²) >= 11 is 0. The van der Waals surface area contributed by atoms with Crippen molar-refractivity contribution < 1.29 is 14.3 Å². The number of piperazine rings is 1. The Balaban J connectivity index is 1.56. The number of carbonyl (C=O) groups excluding carboxylic acids is 2. The lowest BCUT2D eigenvalue weighted by molar-refractivity contribution is -0.133. The standard InChI is InChI=1S/C24H31N3O3/c1-18-16-27(22-12-10-21(11-13-22)24(29)30-4)15-14-26(18)17-23(28)25(3)19(2)20-8-6-5-7-9-20/h5-13,18-19H,14-17H2,1-4H3. The predicted octanol–water partition coefficient (Wildman–Crippen LogP) is 3.20. The van der Waals surface area contributed by atoms with E-state index < -0.39 is 0 Å². The van der Waals surface area contributed by atoms with Gasteiger partial charge in [0.25, 0.3) is 0 Å². The molecule has 30 heavy (non-hydrogen) atoms. The van der Waals surface area contributed by atoms with Crippen molar-refractivity contribution in [2.24, 2.45) is 0 Å². The van der Waals surface area contributed by atoms with Crippen LogP contribution in [0.3, 0.4) is 0 Å². The average molecular weight is 410 g/mol. The second kappa shape index (κ2) is 9.76. The molecule has 1 aliphatic heterocycles. The minimum absolute atomic E-state index is 0.0450. The fourth-order valence-corrected chi connectivity index (χ4v) is 3.85. The van der Waals surface area contributed by atoms with E-state index in [1.165, 1.54) is 7.11 Å². The molecule has 0 aliphatic carbocycles. The monoisotopic (exact) mass is 409 g/mol. The molecule has 1 saturated heterocycles. The summed E-state index contributed by atoms with van der Waals surface area (Å²) in [6.07, 6.45) is 0. The van der Waals surface area contributed by atoms with E-state index >= 15 is 0 Å². The predicted molar refractivity (Wildman–Crippen MR) is 119 cm³/mol. The molecular formula is C24H31N3O3. The number of hydrogen-bond donors (Lipinski definition) is 0. The van der Waals surface area contributed by atoms with Gasteiger partial charge in [-0.3, -0.25) is 9.69 Å². The molecule has 6 nitrogen and oxygen atoms in total. The molecule has 0 spiro atoms. The number of rotatable bonds is 6. The summed E-state index contributed by atoms with van der Waals surface area (Å²) in [4.78, 5) is 30.9. The second-order valence-electron chi connectivity index (χ2n) is 7.90. The van der Waals surface area contributed by atoms with Crippen LogP contribution in [0.5, 0.6) is 0 Å². The molecule has 0 aromatic heterocycles. The largest absolute Gasteiger partial charge is 0.465 e. The first kappa shape index (κ1) is 21.8. The highest BCUT2D eigenvalue weighted by Crippen LogP contribution is 2.22. The van der Waals surface area contributed by atoms with Gasteiger partial charge in [0.05, 0.1) is 25.3 Å². The van der Waals surface area contributed by atoms with Crippen LogP contribution < -0.4 is 4.90 Å². The molecule has 1 fully saturated rings. The zero-order chi connectivity index (χ0) is 21.7. The third-order valence-corrected chi connectivity index (χ3v) is 6.01. The Morgan fingerprint density at radius 1 is 1.10 bits per heavy atom. The van der Waals surface area contributed by atoms with Crippen LogP contribution in [0.25, 0.3) is 0 Å². The first-order valence-corrected chi connectivity index (χ1v) is 10.4. The van der Waals surface area contributed by atoms with Crippen molar-refractivity contribution in [1.29, 1.82) is 0 Å². The SMILES string of the molecule is COC(=O)c1ccc(N2CCN(CC(=O)N(C)C(C)c3ccccc3)C(C)C2)cc1. The van der Waals surface area contributed by atoms with Crippen molar-refractivity contribution >= 4 is 17.6 Å². The van der Waals surface area contributed by atoms with Crippen LogP contribution in [-0.4, -0.2) is 68.1 Å². The zero-order valence-corrected chi connectivity index (χ0v) is 18.2. The highest BCUT2D eigenvalue weighted by Gasteiger charge is 2.27. The van der Waals surface area contributed by atoms with Crippen molar-refractivity contribution in [3.05, 3.63) is 65.7 Å². The summed E-state index contributed by atoms with van der Waals surface area (Å²) in [5, 5.41) is 0. The van der Waals surface area contributed by atoms with Gasteiger partial charge in [0.15, 0.2) is 0 Å². The minimum atomic E-state index is -0.327. The maximum Gasteiger partial charge on any atom is 0.337 e. The maximum absolute atomic E-state index is 12.9. The van der Waals surface area contributed by atoms with Crippen LogP contribution in [0, 0.1) is 0 Å². The molecule has 1 aliphatic rings. The molecule has 0 bridgehead atoms. The number of carbonyl (C=O) groups is 2. The van der Waals surface area contributed by atoms with E-state index in [2.05, 4.69) is 35.8 Å². The van der Waals surface area contributed by atoms with E-state index in [0.29, 0.717) is 12.1 Å². The van der Waals surface area contributed by atoms with E-state index in [1.807, 2.05) is 42.3 Å². The number of amides is 1. The van der Waals surface area contributed by atoms with Gasteiger partial charge in [0.1, 0.15) is 0 Å². The number of methoxy groups -OCH3 is 1. The number of benzene rings is 2. The fourth-order valence-electron chi connectivity index (χ4n) is 3.85. The summed E-state index contributed by atoms with van der Waals surface area (Å²) in [7, 11) is 3.26. The molecule has 2 aromatic carbocycles. The van der Waals surface area contributed by atoms with Crippen molar-refractivity contribution in [3.8, 4) is 0 Å². The zero-order valence-electron chi connectivity index (χ0n) is 18.2. The Morgan fingerprint density at radius 2 is 1.77 bits per heavy atom. The molecule has 2 atom stereocenters. The van der Waals surface area contributed by atoms with Crippen molar-refractivity contribution in [1.82, 2.24) is 9.80 Å². The minimum Gasteiger partial charge on any atom is -0.465 e. The topological polar surface area (TPSA) is 53.1 Å². The lowest BCUT2D eigenvalue weighted by atomic mass is 10.1. The Labute approximate surface area is 179 Å². The highest BCUT2D eigenvalue weighted by atomic mass is 16.5. The molecule has 1 amide bonds. The van der Waals surface area contributed by atoms with E-state index in [1.54, 1.807) is 12.1 Å². The fraction of sp³-hybridized carbons (Fsp3) is 0.417. The van der Waals surface area contributed by atoms with E-state index in [0.717, 1.165) is 30.9 Å². The number of esters is 1. The van der Waals surface area contributed by atoms with Crippen LogP contribution in [-0.2, 0) is 9.53 Å². The van der Waals surface area contributed by atoms with E-state index in [4.69, 9.17) is 4.74 Å². The molecule has 160 valence electrons. The van der Waals surface area contributed by atoms with Crippen LogP contribution in [0.4, 0.5) is 5.69 Å². The van der Waals surface area contributed by atoms with Gasteiger partial charge in [-0.2, -0.15) is 0 Å². The molecule has 2 aromatic rings. The molecule has 2 unspecified atom stereocenters.